The number of imidazole rings is 1. The normalized spacial score (nSPS) is 14.8. The number of rotatable bonds is 5. The largest absolute Gasteiger partial charge is 0.353 e. The van der Waals surface area contributed by atoms with Crippen LogP contribution in [0.2, 0.25) is 0 Å². The molecule has 0 unspecified atom stereocenters. The molecule has 26 heavy (non-hydrogen) atoms. The first-order chi connectivity index (χ1) is 12.7. The molecule has 4 nitrogen and oxygen atoms in total. The molecule has 0 aliphatic heterocycles. The summed E-state index contributed by atoms with van der Waals surface area (Å²) >= 11 is 3.48. The van der Waals surface area contributed by atoms with Crippen LogP contribution in [0.1, 0.15) is 37.8 Å². The highest BCUT2D eigenvalue weighted by Gasteiger charge is 2.19. The van der Waals surface area contributed by atoms with Crippen molar-refractivity contribution < 1.29 is 4.79 Å². The maximum atomic E-state index is 12.4. The lowest BCUT2D eigenvalue weighted by Crippen LogP contribution is -2.32. The molecule has 0 atom stereocenters. The number of nitrogens with zero attached hydrogens (tertiary/aromatic N) is 2. The first-order valence-electron chi connectivity index (χ1n) is 9.22. The van der Waals surface area contributed by atoms with E-state index in [4.69, 9.17) is 4.98 Å². The number of aromatic nitrogens is 2. The molecule has 134 valence electrons. The predicted octanol–water partition coefficient (Wildman–Crippen LogP) is 4.76. The van der Waals surface area contributed by atoms with Gasteiger partial charge in [0.1, 0.15) is 5.65 Å². The number of fused-ring (bicyclic) bond motifs is 1. The maximum Gasteiger partial charge on any atom is 0.220 e. The van der Waals surface area contributed by atoms with Crippen molar-refractivity contribution in [3.05, 3.63) is 58.8 Å². The molecule has 1 aromatic carbocycles. The molecule has 2 aromatic heterocycles. The third-order valence-corrected chi connectivity index (χ3v) is 5.58. The summed E-state index contributed by atoms with van der Waals surface area (Å²) < 4.78 is 3.14. The molecule has 3 aromatic rings. The number of halogens is 1. The minimum Gasteiger partial charge on any atom is -0.353 e. The van der Waals surface area contributed by atoms with E-state index in [2.05, 4.69) is 37.8 Å². The van der Waals surface area contributed by atoms with E-state index in [1.807, 2.05) is 36.5 Å². The van der Waals surface area contributed by atoms with E-state index in [1.54, 1.807) is 0 Å². The van der Waals surface area contributed by atoms with Crippen LogP contribution in [0.15, 0.2) is 53.1 Å². The average molecular weight is 412 g/mol. The van der Waals surface area contributed by atoms with Gasteiger partial charge in [-0.2, -0.15) is 0 Å². The first-order valence-corrected chi connectivity index (χ1v) is 10.0. The molecule has 2 heterocycles. The Balaban J connectivity index is 1.59. The molecular weight excluding hydrogens is 390 g/mol. The Bertz CT molecular complexity index is 911. The third-order valence-electron chi connectivity index (χ3n) is 5.06. The molecular formula is C21H22BrN3O. The molecule has 5 heteroatoms. The van der Waals surface area contributed by atoms with Crippen molar-refractivity contribution in [2.45, 2.75) is 44.6 Å². The summed E-state index contributed by atoms with van der Waals surface area (Å²) in [4.78, 5) is 17.2. The van der Waals surface area contributed by atoms with Gasteiger partial charge in [0, 0.05) is 28.7 Å². The van der Waals surface area contributed by atoms with Gasteiger partial charge in [0.05, 0.1) is 11.4 Å². The van der Waals surface area contributed by atoms with Crippen LogP contribution >= 0.6 is 15.9 Å². The van der Waals surface area contributed by atoms with Crippen molar-refractivity contribution >= 4 is 27.5 Å². The molecule has 0 bridgehead atoms. The summed E-state index contributed by atoms with van der Waals surface area (Å²) in [6, 6.07) is 14.5. The lowest BCUT2D eigenvalue weighted by atomic mass is 10.1. The van der Waals surface area contributed by atoms with Crippen molar-refractivity contribution in [2.24, 2.45) is 0 Å². The lowest BCUT2D eigenvalue weighted by molar-refractivity contribution is -0.121. The van der Waals surface area contributed by atoms with Crippen LogP contribution in [-0.2, 0) is 11.2 Å². The number of carbonyl (C=O) groups is 1. The van der Waals surface area contributed by atoms with E-state index in [-0.39, 0.29) is 5.91 Å². The fraction of sp³-hybridized carbons (Fsp3) is 0.333. The zero-order valence-electron chi connectivity index (χ0n) is 14.6. The van der Waals surface area contributed by atoms with Gasteiger partial charge < -0.3 is 9.72 Å². The Morgan fingerprint density at radius 3 is 2.69 bits per heavy atom. The summed E-state index contributed by atoms with van der Waals surface area (Å²) in [5, 5.41) is 3.18. The van der Waals surface area contributed by atoms with Gasteiger partial charge in [-0.05, 0) is 43.5 Å². The van der Waals surface area contributed by atoms with Crippen LogP contribution in [-0.4, -0.2) is 21.3 Å². The van der Waals surface area contributed by atoms with Gasteiger partial charge in [-0.15, -0.1) is 0 Å². The highest BCUT2D eigenvalue weighted by atomic mass is 79.9. The molecule has 4 rings (SSSR count). The standard InChI is InChI=1S/C21H22BrN3O/c22-16-10-8-15(9-11-16)21-18(25-14-4-3-7-19(25)24-21)12-13-20(26)23-17-5-1-2-6-17/h3-4,7-11,14,17H,1-2,5-6,12-13H2,(H,23,26). The fourth-order valence-electron chi connectivity index (χ4n) is 3.73. The van der Waals surface area contributed by atoms with Gasteiger partial charge in [-0.25, -0.2) is 4.98 Å². The van der Waals surface area contributed by atoms with Gasteiger partial charge >= 0.3 is 0 Å². The minimum atomic E-state index is 0.143. The van der Waals surface area contributed by atoms with Crippen molar-refractivity contribution in [2.75, 3.05) is 0 Å². The highest BCUT2D eigenvalue weighted by Crippen LogP contribution is 2.27. The number of aryl methyl sites for hydroxylation is 1. The quantitative estimate of drug-likeness (QED) is 0.657. The number of hydrogen-bond donors (Lipinski definition) is 1. The van der Waals surface area contributed by atoms with Crippen LogP contribution in [0.4, 0.5) is 0 Å². The van der Waals surface area contributed by atoms with Gasteiger partial charge in [-0.1, -0.05) is 47.0 Å². The Labute approximate surface area is 161 Å². The predicted molar refractivity (Wildman–Crippen MR) is 107 cm³/mol. The van der Waals surface area contributed by atoms with Gasteiger partial charge in [0.2, 0.25) is 5.91 Å². The Morgan fingerprint density at radius 2 is 1.92 bits per heavy atom. The Kier molecular flexibility index (Phi) is 5.07. The number of hydrogen-bond acceptors (Lipinski definition) is 2. The number of amides is 1. The fourth-order valence-corrected chi connectivity index (χ4v) is 3.99. The van der Waals surface area contributed by atoms with Crippen molar-refractivity contribution in [3.63, 3.8) is 0 Å². The van der Waals surface area contributed by atoms with E-state index in [1.165, 1.54) is 12.8 Å². The summed E-state index contributed by atoms with van der Waals surface area (Å²) in [7, 11) is 0. The lowest BCUT2D eigenvalue weighted by Gasteiger charge is -2.12. The molecule has 1 saturated carbocycles. The van der Waals surface area contributed by atoms with E-state index >= 15 is 0 Å². The average Bonchev–Trinajstić information content (AvgIpc) is 3.28. The van der Waals surface area contributed by atoms with E-state index in [0.717, 1.165) is 39.9 Å². The molecule has 1 fully saturated rings. The molecule has 0 spiro atoms. The second-order valence-corrected chi connectivity index (χ2v) is 7.81. The summed E-state index contributed by atoms with van der Waals surface area (Å²) in [5.74, 6) is 0.143. The molecule has 1 aliphatic carbocycles. The Hall–Kier alpha value is -2.14. The monoisotopic (exact) mass is 411 g/mol. The second kappa shape index (κ2) is 7.62. The minimum absolute atomic E-state index is 0.143. The van der Waals surface area contributed by atoms with E-state index < -0.39 is 0 Å². The number of benzene rings is 1. The van der Waals surface area contributed by atoms with Crippen LogP contribution < -0.4 is 5.32 Å². The SMILES string of the molecule is O=C(CCc1c(-c2ccc(Br)cc2)nc2ccccn12)NC1CCCC1. The van der Waals surface area contributed by atoms with Crippen molar-refractivity contribution in [1.29, 1.82) is 0 Å². The molecule has 0 saturated heterocycles. The van der Waals surface area contributed by atoms with Gasteiger partial charge in [0.25, 0.3) is 0 Å². The smallest absolute Gasteiger partial charge is 0.220 e. The number of pyridine rings is 1. The van der Waals surface area contributed by atoms with Gasteiger partial charge in [-0.3, -0.25) is 4.79 Å². The van der Waals surface area contributed by atoms with Crippen molar-refractivity contribution in [1.82, 2.24) is 14.7 Å². The van der Waals surface area contributed by atoms with Gasteiger partial charge in [0.15, 0.2) is 0 Å². The van der Waals surface area contributed by atoms with E-state index in [9.17, 15) is 4.79 Å². The van der Waals surface area contributed by atoms with Crippen LogP contribution in [0.3, 0.4) is 0 Å². The zero-order chi connectivity index (χ0) is 17.9. The van der Waals surface area contributed by atoms with Crippen LogP contribution in [0, 0.1) is 0 Å². The second-order valence-electron chi connectivity index (χ2n) is 6.89. The third kappa shape index (κ3) is 3.68. The first kappa shape index (κ1) is 17.3. The molecule has 1 aliphatic rings. The van der Waals surface area contributed by atoms with Crippen LogP contribution in [0.25, 0.3) is 16.9 Å². The number of carbonyl (C=O) groups excluding carboxylic acids is 1. The Morgan fingerprint density at radius 1 is 1.15 bits per heavy atom. The molecule has 0 radical (unpaired) electrons. The topological polar surface area (TPSA) is 46.4 Å². The van der Waals surface area contributed by atoms with Crippen LogP contribution in [0.5, 0.6) is 0 Å². The summed E-state index contributed by atoms with van der Waals surface area (Å²) in [6.45, 7) is 0. The number of nitrogens with one attached hydrogen (secondary N) is 1. The summed E-state index contributed by atoms with van der Waals surface area (Å²) in [6.07, 6.45) is 7.88. The summed E-state index contributed by atoms with van der Waals surface area (Å²) in [5.41, 5.74) is 4.03. The van der Waals surface area contributed by atoms with E-state index in [0.29, 0.717) is 18.9 Å². The molecule has 1 N–H and O–H groups in total. The molecule has 1 amide bonds. The highest BCUT2D eigenvalue weighted by molar-refractivity contribution is 9.10. The van der Waals surface area contributed by atoms with Crippen molar-refractivity contribution in [3.8, 4) is 11.3 Å². The zero-order valence-corrected chi connectivity index (χ0v) is 16.2. The maximum absolute atomic E-state index is 12.4.